The number of hydrogen-bond donors (Lipinski definition) is 0. The molecule has 24 heavy (non-hydrogen) atoms. The minimum absolute atomic E-state index is 0.0367. The first-order valence-electron chi connectivity index (χ1n) is 9.78. The zero-order valence-electron chi connectivity index (χ0n) is 15.3. The third kappa shape index (κ3) is 2.25. The highest BCUT2D eigenvalue weighted by atomic mass is 16.5. The van der Waals surface area contributed by atoms with Gasteiger partial charge in [0.05, 0.1) is 7.11 Å². The quantitative estimate of drug-likeness (QED) is 0.768. The van der Waals surface area contributed by atoms with Gasteiger partial charge in [0.15, 0.2) is 0 Å². The van der Waals surface area contributed by atoms with E-state index in [2.05, 4.69) is 32.0 Å². The van der Waals surface area contributed by atoms with E-state index in [0.717, 1.165) is 25.0 Å². The predicted molar refractivity (Wildman–Crippen MR) is 96.4 cm³/mol. The highest BCUT2D eigenvalue weighted by Gasteiger charge is 2.58. The molecule has 2 heteroatoms. The molecule has 4 rings (SSSR count). The zero-order valence-corrected chi connectivity index (χ0v) is 15.3. The van der Waals surface area contributed by atoms with Crippen LogP contribution in [0, 0.1) is 23.2 Å². The Kier molecular flexibility index (Phi) is 3.97. The maximum Gasteiger partial charge on any atom is 0.139 e. The van der Waals surface area contributed by atoms with Gasteiger partial charge in [0.1, 0.15) is 11.5 Å². The molecule has 0 aromatic heterocycles. The maximum atomic E-state index is 12.8. The van der Waals surface area contributed by atoms with Gasteiger partial charge in [0, 0.05) is 11.8 Å². The molecule has 0 radical (unpaired) electrons. The summed E-state index contributed by atoms with van der Waals surface area (Å²) in [5.74, 6) is 4.13. The van der Waals surface area contributed by atoms with Crippen LogP contribution < -0.4 is 4.74 Å². The molecular formula is C22H30O2. The lowest BCUT2D eigenvalue weighted by atomic mass is 9.54. The third-order valence-electron chi connectivity index (χ3n) is 7.44. The van der Waals surface area contributed by atoms with Crippen LogP contribution in [-0.2, 0) is 11.2 Å². The highest BCUT2D eigenvalue weighted by Crippen LogP contribution is 2.62. The summed E-state index contributed by atoms with van der Waals surface area (Å²) >= 11 is 0. The average molecular weight is 326 g/mol. The summed E-state index contributed by atoms with van der Waals surface area (Å²) in [6.45, 7) is 4.55. The second kappa shape index (κ2) is 5.89. The largest absolute Gasteiger partial charge is 0.497 e. The SMILES string of the molecule is CCC[C@@H]1CC(=O)[C@@]2(C)CC[C@@H]3c4ccc(OC)cc4CC[C@H]3[C@H]12. The summed E-state index contributed by atoms with van der Waals surface area (Å²) in [6, 6.07) is 6.67. The number of Topliss-reactive ketones (excluding diaryl/α,β-unsaturated/α-hetero) is 1. The van der Waals surface area contributed by atoms with Crippen molar-refractivity contribution in [3.8, 4) is 5.75 Å². The molecular weight excluding hydrogens is 296 g/mol. The van der Waals surface area contributed by atoms with Gasteiger partial charge >= 0.3 is 0 Å². The second-order valence-electron chi connectivity index (χ2n) is 8.53. The Morgan fingerprint density at radius 3 is 2.88 bits per heavy atom. The molecule has 2 fully saturated rings. The molecule has 1 aromatic rings. The van der Waals surface area contributed by atoms with Crippen molar-refractivity contribution in [1.29, 1.82) is 0 Å². The predicted octanol–water partition coefficient (Wildman–Crippen LogP) is 5.15. The van der Waals surface area contributed by atoms with Gasteiger partial charge in [-0.25, -0.2) is 0 Å². The van der Waals surface area contributed by atoms with Crippen LogP contribution in [0.4, 0.5) is 0 Å². The fraction of sp³-hybridized carbons (Fsp3) is 0.682. The van der Waals surface area contributed by atoms with E-state index in [0.29, 0.717) is 29.5 Å². The van der Waals surface area contributed by atoms with Gasteiger partial charge in [-0.15, -0.1) is 0 Å². The number of benzene rings is 1. The number of ketones is 1. The van der Waals surface area contributed by atoms with Gasteiger partial charge in [0.25, 0.3) is 0 Å². The van der Waals surface area contributed by atoms with Crippen molar-refractivity contribution in [1.82, 2.24) is 0 Å². The van der Waals surface area contributed by atoms with E-state index in [4.69, 9.17) is 4.74 Å². The summed E-state index contributed by atoms with van der Waals surface area (Å²) in [5.41, 5.74) is 2.99. The summed E-state index contributed by atoms with van der Waals surface area (Å²) < 4.78 is 5.42. The molecule has 3 aliphatic carbocycles. The van der Waals surface area contributed by atoms with E-state index in [9.17, 15) is 4.79 Å². The Morgan fingerprint density at radius 2 is 2.12 bits per heavy atom. The number of methoxy groups -OCH3 is 1. The van der Waals surface area contributed by atoms with Crippen molar-refractivity contribution >= 4 is 5.78 Å². The van der Waals surface area contributed by atoms with Gasteiger partial charge < -0.3 is 4.74 Å². The highest BCUT2D eigenvalue weighted by molar-refractivity contribution is 5.87. The van der Waals surface area contributed by atoms with Gasteiger partial charge in [-0.2, -0.15) is 0 Å². The summed E-state index contributed by atoms with van der Waals surface area (Å²) in [4.78, 5) is 12.8. The Morgan fingerprint density at radius 1 is 1.29 bits per heavy atom. The number of ether oxygens (including phenoxy) is 1. The van der Waals surface area contributed by atoms with Gasteiger partial charge in [-0.1, -0.05) is 26.3 Å². The molecule has 0 N–H and O–H groups in total. The van der Waals surface area contributed by atoms with Crippen molar-refractivity contribution in [2.24, 2.45) is 23.2 Å². The zero-order chi connectivity index (χ0) is 16.9. The molecule has 0 unspecified atom stereocenters. The molecule has 5 atom stereocenters. The van der Waals surface area contributed by atoms with Crippen molar-refractivity contribution < 1.29 is 9.53 Å². The first kappa shape index (κ1) is 16.2. The number of carbonyl (C=O) groups excluding carboxylic acids is 1. The van der Waals surface area contributed by atoms with Crippen molar-refractivity contribution in [2.45, 2.75) is 64.7 Å². The minimum Gasteiger partial charge on any atom is -0.497 e. The topological polar surface area (TPSA) is 26.3 Å². The Labute approximate surface area is 146 Å². The van der Waals surface area contributed by atoms with Crippen LogP contribution in [0.25, 0.3) is 0 Å². The fourth-order valence-electron chi connectivity index (χ4n) is 6.38. The van der Waals surface area contributed by atoms with E-state index in [1.54, 1.807) is 12.7 Å². The lowest BCUT2D eigenvalue weighted by molar-refractivity contribution is -0.129. The molecule has 3 aliphatic rings. The van der Waals surface area contributed by atoms with Crippen LogP contribution in [0.15, 0.2) is 18.2 Å². The van der Waals surface area contributed by atoms with Crippen LogP contribution in [-0.4, -0.2) is 12.9 Å². The number of rotatable bonds is 3. The van der Waals surface area contributed by atoms with Crippen molar-refractivity contribution in [3.05, 3.63) is 29.3 Å². The molecule has 0 amide bonds. The second-order valence-corrected chi connectivity index (χ2v) is 8.53. The minimum atomic E-state index is -0.0367. The van der Waals surface area contributed by atoms with Crippen molar-refractivity contribution in [2.75, 3.05) is 7.11 Å². The van der Waals surface area contributed by atoms with Gasteiger partial charge in [-0.05, 0) is 79.0 Å². The van der Waals surface area contributed by atoms with E-state index >= 15 is 0 Å². The van der Waals surface area contributed by atoms with E-state index in [-0.39, 0.29) is 5.41 Å². The van der Waals surface area contributed by atoms with Crippen LogP contribution in [0.1, 0.15) is 69.4 Å². The molecule has 0 heterocycles. The molecule has 2 nitrogen and oxygen atoms in total. The van der Waals surface area contributed by atoms with Gasteiger partial charge in [-0.3, -0.25) is 4.79 Å². The lowest BCUT2D eigenvalue weighted by Crippen LogP contribution is -2.44. The smallest absolute Gasteiger partial charge is 0.139 e. The molecule has 1 aromatic carbocycles. The molecule has 130 valence electrons. The Hall–Kier alpha value is -1.31. The van der Waals surface area contributed by atoms with Crippen LogP contribution in [0.2, 0.25) is 0 Å². The fourth-order valence-corrected chi connectivity index (χ4v) is 6.38. The standard InChI is InChI=1S/C22H30O2/c1-4-5-15-13-20(23)22(2)11-10-18-17-9-7-16(24-3)12-14(17)6-8-19(18)21(15)22/h7,9,12,15,18-19,21H,4-6,8,10-11,13H2,1-3H3/t15-,18-,19-,21+,22-/m1/s1. The summed E-state index contributed by atoms with van der Waals surface area (Å²) in [6.07, 6.45) is 7.94. The molecule has 0 saturated heterocycles. The average Bonchev–Trinajstić information content (AvgIpc) is 2.85. The van der Waals surface area contributed by atoms with Crippen LogP contribution >= 0.6 is 0 Å². The van der Waals surface area contributed by atoms with E-state index in [1.807, 2.05) is 0 Å². The summed E-state index contributed by atoms with van der Waals surface area (Å²) in [7, 11) is 1.75. The first-order valence-corrected chi connectivity index (χ1v) is 9.78. The molecule has 2 saturated carbocycles. The van der Waals surface area contributed by atoms with E-state index in [1.165, 1.54) is 31.2 Å². The first-order chi connectivity index (χ1) is 11.6. The van der Waals surface area contributed by atoms with Crippen LogP contribution in [0.3, 0.4) is 0 Å². The van der Waals surface area contributed by atoms with Gasteiger partial charge in [0.2, 0.25) is 0 Å². The van der Waals surface area contributed by atoms with E-state index < -0.39 is 0 Å². The molecule has 0 aliphatic heterocycles. The maximum absolute atomic E-state index is 12.8. The normalized spacial score (nSPS) is 37.5. The Balaban J connectivity index is 1.70. The number of fused-ring (bicyclic) bond motifs is 5. The number of aryl methyl sites for hydroxylation is 1. The molecule has 0 bridgehead atoms. The third-order valence-corrected chi connectivity index (χ3v) is 7.44. The number of carbonyl (C=O) groups is 1. The van der Waals surface area contributed by atoms with Crippen LogP contribution in [0.5, 0.6) is 5.75 Å². The Bertz CT molecular complexity index is 649. The molecule has 0 spiro atoms. The number of hydrogen-bond acceptors (Lipinski definition) is 2. The monoisotopic (exact) mass is 326 g/mol. The summed E-state index contributed by atoms with van der Waals surface area (Å²) in [5, 5.41) is 0. The van der Waals surface area contributed by atoms with Crippen molar-refractivity contribution in [3.63, 3.8) is 0 Å². The lowest BCUT2D eigenvalue weighted by Gasteiger charge is -2.50.